The number of carbonyl (C=O) groups is 2. The van der Waals surface area contributed by atoms with E-state index in [1.54, 1.807) is 36.4 Å². The highest BCUT2D eigenvalue weighted by atomic mass is 79.9. The molecule has 0 aromatic heterocycles. The zero-order valence-corrected chi connectivity index (χ0v) is 19.2. The minimum Gasteiger partial charge on any atom is -0.441 e. The van der Waals surface area contributed by atoms with Gasteiger partial charge in [0.2, 0.25) is 12.1 Å². The average Bonchev–Trinajstić information content (AvgIpc) is 3.17. The Morgan fingerprint density at radius 2 is 1.38 bits per heavy atom. The molecule has 2 aromatic rings. The van der Waals surface area contributed by atoms with Gasteiger partial charge in [0.25, 0.3) is 0 Å². The first-order valence-electron chi connectivity index (χ1n) is 8.10. The van der Waals surface area contributed by atoms with Crippen LogP contribution in [0.15, 0.2) is 45.3 Å². The Balaban J connectivity index is 0.000000176. The predicted octanol–water partition coefficient (Wildman–Crippen LogP) is 4.71. The molecule has 0 bridgehead atoms. The summed E-state index contributed by atoms with van der Waals surface area (Å²) in [4.78, 5) is 22.6. The topological polar surface area (TPSA) is 108 Å². The van der Waals surface area contributed by atoms with E-state index in [0.717, 1.165) is 8.95 Å². The molecule has 2 heterocycles. The standard InChI is InChI=1S/C10H10BrO5P.C8H5BrO3/c1-14-17(13,15-2)10-8-5-6(11)3-4-7(8)9(12)16-10;9-4-1-2-5-6(3-4)8(11)12-7(5)10/h3-5,10H,1-2H3;1-3,8,11H. The van der Waals surface area contributed by atoms with Gasteiger partial charge in [0.1, 0.15) is 0 Å². The molecule has 0 spiro atoms. The number of aliphatic hydroxyl groups excluding tert-OH is 1. The van der Waals surface area contributed by atoms with Crippen molar-refractivity contribution in [2.75, 3.05) is 14.2 Å². The first kappa shape index (κ1) is 22.1. The zero-order chi connectivity index (χ0) is 21.3. The predicted molar refractivity (Wildman–Crippen MR) is 108 cm³/mol. The lowest BCUT2D eigenvalue weighted by Gasteiger charge is -2.19. The van der Waals surface area contributed by atoms with Gasteiger partial charge in [0.05, 0.1) is 11.1 Å². The van der Waals surface area contributed by atoms with Crippen molar-refractivity contribution < 1.29 is 37.8 Å². The molecule has 0 saturated heterocycles. The van der Waals surface area contributed by atoms with Gasteiger partial charge < -0.3 is 23.6 Å². The maximum absolute atomic E-state index is 12.2. The molecule has 29 heavy (non-hydrogen) atoms. The van der Waals surface area contributed by atoms with Crippen LogP contribution in [0.2, 0.25) is 0 Å². The molecule has 1 N–H and O–H groups in total. The number of cyclic esters (lactones) is 2. The van der Waals surface area contributed by atoms with Gasteiger partial charge in [-0.25, -0.2) is 9.59 Å². The monoisotopic (exact) mass is 548 g/mol. The van der Waals surface area contributed by atoms with E-state index in [4.69, 9.17) is 13.8 Å². The second kappa shape index (κ2) is 8.67. The molecule has 4 rings (SSSR count). The van der Waals surface area contributed by atoms with E-state index >= 15 is 0 Å². The van der Waals surface area contributed by atoms with Crippen LogP contribution >= 0.6 is 39.5 Å². The van der Waals surface area contributed by atoms with Gasteiger partial charge in [-0.2, -0.15) is 0 Å². The molecule has 8 nitrogen and oxygen atoms in total. The molecule has 2 aromatic carbocycles. The number of ether oxygens (including phenoxy) is 2. The van der Waals surface area contributed by atoms with Crippen LogP contribution in [0, 0.1) is 0 Å². The number of aliphatic hydroxyl groups is 1. The number of carbonyl (C=O) groups excluding carboxylic acids is 2. The Morgan fingerprint density at radius 1 is 0.897 bits per heavy atom. The van der Waals surface area contributed by atoms with E-state index < -0.39 is 31.7 Å². The highest BCUT2D eigenvalue weighted by Crippen LogP contribution is 2.63. The van der Waals surface area contributed by atoms with Gasteiger partial charge in [-0.3, -0.25) is 4.57 Å². The van der Waals surface area contributed by atoms with E-state index in [1.807, 2.05) is 0 Å². The molecule has 2 aliphatic heterocycles. The van der Waals surface area contributed by atoms with Gasteiger partial charge >= 0.3 is 19.5 Å². The third kappa shape index (κ3) is 4.33. The van der Waals surface area contributed by atoms with Crippen LogP contribution in [0.5, 0.6) is 0 Å². The van der Waals surface area contributed by atoms with Gasteiger partial charge in [0, 0.05) is 34.3 Å². The smallest absolute Gasteiger partial charge is 0.375 e. The summed E-state index contributed by atoms with van der Waals surface area (Å²) < 4.78 is 33.2. The van der Waals surface area contributed by atoms with E-state index in [9.17, 15) is 19.3 Å². The number of halogens is 2. The largest absolute Gasteiger partial charge is 0.441 e. The Kier molecular flexibility index (Phi) is 6.62. The van der Waals surface area contributed by atoms with Crippen LogP contribution < -0.4 is 0 Å². The van der Waals surface area contributed by atoms with Crippen molar-refractivity contribution in [2.24, 2.45) is 0 Å². The molecular weight excluding hydrogens is 535 g/mol. The highest BCUT2D eigenvalue weighted by molar-refractivity contribution is 9.10. The van der Waals surface area contributed by atoms with Crippen molar-refractivity contribution in [3.8, 4) is 0 Å². The summed E-state index contributed by atoms with van der Waals surface area (Å²) >= 11 is 6.52. The molecule has 0 saturated carbocycles. The number of hydrogen-bond donors (Lipinski definition) is 1. The normalized spacial score (nSPS) is 19.6. The Bertz CT molecular complexity index is 1020. The molecule has 11 heteroatoms. The van der Waals surface area contributed by atoms with Crippen molar-refractivity contribution in [3.63, 3.8) is 0 Å². The lowest BCUT2D eigenvalue weighted by molar-refractivity contribution is -0.0548. The molecule has 2 unspecified atom stereocenters. The van der Waals surface area contributed by atoms with Crippen molar-refractivity contribution in [3.05, 3.63) is 67.6 Å². The molecule has 0 fully saturated rings. The molecule has 154 valence electrons. The minimum absolute atomic E-state index is 0.382. The van der Waals surface area contributed by atoms with Crippen molar-refractivity contribution in [1.29, 1.82) is 0 Å². The van der Waals surface area contributed by atoms with E-state index in [1.165, 1.54) is 14.2 Å². The lowest BCUT2D eigenvalue weighted by Crippen LogP contribution is -2.03. The summed E-state index contributed by atoms with van der Waals surface area (Å²) in [6.07, 6.45) is -1.11. The van der Waals surface area contributed by atoms with Gasteiger partial charge in [-0.05, 0) is 36.4 Å². The minimum atomic E-state index is -3.48. The van der Waals surface area contributed by atoms with Crippen LogP contribution in [-0.2, 0) is 23.1 Å². The molecular formula is C18H15Br2O8P. The third-order valence-electron chi connectivity index (χ3n) is 4.23. The number of hydrogen-bond acceptors (Lipinski definition) is 8. The van der Waals surface area contributed by atoms with Crippen LogP contribution in [0.4, 0.5) is 0 Å². The number of rotatable bonds is 3. The second-order valence-electron chi connectivity index (χ2n) is 5.88. The lowest BCUT2D eigenvalue weighted by atomic mass is 10.1. The van der Waals surface area contributed by atoms with Crippen molar-refractivity contribution in [1.82, 2.24) is 0 Å². The average molecular weight is 550 g/mol. The summed E-state index contributed by atoms with van der Waals surface area (Å²) in [6, 6.07) is 10.0. The van der Waals surface area contributed by atoms with E-state index in [0.29, 0.717) is 22.3 Å². The van der Waals surface area contributed by atoms with E-state index in [-0.39, 0.29) is 0 Å². The summed E-state index contributed by atoms with van der Waals surface area (Å²) in [7, 11) is -0.966. The fraction of sp³-hybridized carbons (Fsp3) is 0.222. The van der Waals surface area contributed by atoms with Crippen LogP contribution in [-0.4, -0.2) is 31.3 Å². The molecule has 2 aliphatic rings. The summed E-state index contributed by atoms with van der Waals surface area (Å²) in [6.45, 7) is 0. The Labute approximate surface area is 182 Å². The second-order valence-corrected chi connectivity index (χ2v) is 9.99. The first-order valence-corrected chi connectivity index (χ1v) is 11.3. The number of esters is 2. The number of fused-ring (bicyclic) bond motifs is 2. The first-order chi connectivity index (χ1) is 13.7. The zero-order valence-electron chi connectivity index (χ0n) is 15.1. The third-order valence-corrected chi connectivity index (χ3v) is 7.20. The van der Waals surface area contributed by atoms with Crippen LogP contribution in [0.25, 0.3) is 0 Å². The fourth-order valence-corrected chi connectivity index (χ4v) is 4.87. The van der Waals surface area contributed by atoms with Crippen molar-refractivity contribution in [2.45, 2.75) is 12.1 Å². The Hall–Kier alpha value is -1.55. The SMILES string of the molecule is COP(=O)(OC)C1OC(=O)c2ccc(Br)cc21.O=C1OC(O)c2cc(Br)ccc21. The maximum Gasteiger partial charge on any atom is 0.375 e. The van der Waals surface area contributed by atoms with Gasteiger partial charge in [0.15, 0.2) is 0 Å². The highest BCUT2D eigenvalue weighted by Gasteiger charge is 2.45. The van der Waals surface area contributed by atoms with Crippen LogP contribution in [0.3, 0.4) is 0 Å². The van der Waals surface area contributed by atoms with Crippen LogP contribution in [0.1, 0.15) is 44.0 Å². The quantitative estimate of drug-likeness (QED) is 0.433. The van der Waals surface area contributed by atoms with Gasteiger partial charge in [-0.15, -0.1) is 0 Å². The summed E-state index contributed by atoms with van der Waals surface area (Å²) in [5.74, 6) is -1.99. The van der Waals surface area contributed by atoms with Crippen molar-refractivity contribution >= 4 is 51.4 Å². The maximum atomic E-state index is 12.2. The fourth-order valence-electron chi connectivity index (χ4n) is 2.81. The summed E-state index contributed by atoms with van der Waals surface area (Å²) in [5, 5.41) is 9.21. The molecule has 0 radical (unpaired) electrons. The van der Waals surface area contributed by atoms with E-state index in [2.05, 4.69) is 36.6 Å². The van der Waals surface area contributed by atoms with Gasteiger partial charge in [-0.1, -0.05) is 31.9 Å². The molecule has 0 amide bonds. The molecule has 0 aliphatic carbocycles. The Morgan fingerprint density at radius 3 is 1.93 bits per heavy atom. The molecule has 2 atom stereocenters. The number of benzene rings is 2. The summed E-state index contributed by atoms with van der Waals surface area (Å²) in [5.41, 5.74) is 1.85.